The van der Waals surface area contributed by atoms with Gasteiger partial charge in [-0.05, 0) is 35.4 Å². The van der Waals surface area contributed by atoms with E-state index in [1.54, 1.807) is 0 Å². The third kappa shape index (κ3) is 3.45. The summed E-state index contributed by atoms with van der Waals surface area (Å²) < 4.78 is 58.1. The number of benzene rings is 2. The molecule has 0 saturated heterocycles. The number of nitrogens with zero attached hydrogens (tertiary/aromatic N) is 2. The second kappa shape index (κ2) is 7.37. The molecule has 0 bridgehead atoms. The molecule has 6 nitrogen and oxygen atoms in total. The molecule has 28 heavy (non-hydrogen) atoms. The number of hydrogen-bond acceptors (Lipinski definition) is 5. The quantitative estimate of drug-likeness (QED) is 0.761. The van der Waals surface area contributed by atoms with Crippen LogP contribution in [0.3, 0.4) is 0 Å². The zero-order valence-electron chi connectivity index (χ0n) is 14.5. The van der Waals surface area contributed by atoms with Crippen LogP contribution in [-0.4, -0.2) is 37.0 Å². The third-order valence-corrected chi connectivity index (χ3v) is 4.23. The number of likely N-dealkylation sites (N-methyl/N-ethyl adjacent to an activating group) is 1. The molecule has 0 spiro atoms. The lowest BCUT2D eigenvalue weighted by molar-refractivity contribution is -0.129. The van der Waals surface area contributed by atoms with E-state index in [2.05, 4.69) is 14.5 Å². The van der Waals surface area contributed by atoms with Crippen LogP contribution in [0.5, 0.6) is 11.5 Å². The molecule has 0 aromatic heterocycles. The summed E-state index contributed by atoms with van der Waals surface area (Å²) in [5, 5.41) is 0. The highest BCUT2D eigenvalue weighted by Crippen LogP contribution is 2.40. The van der Waals surface area contributed by atoms with E-state index in [1.165, 1.54) is 55.6 Å². The topological polar surface area (TPSA) is 77.2 Å². The van der Waals surface area contributed by atoms with Crippen molar-refractivity contribution >= 4 is 11.9 Å². The van der Waals surface area contributed by atoms with Crippen LogP contribution in [-0.2, 0) is 10.3 Å². The van der Waals surface area contributed by atoms with Gasteiger partial charge in [-0.3, -0.25) is 9.69 Å². The lowest BCUT2D eigenvalue weighted by Gasteiger charge is -2.26. The van der Waals surface area contributed by atoms with E-state index in [4.69, 9.17) is 5.73 Å². The summed E-state index contributed by atoms with van der Waals surface area (Å²) in [5.74, 6) is -0.725. The monoisotopic (exact) mass is 397 g/mol. The molecular formula is C18H15F4N3O3. The van der Waals surface area contributed by atoms with Gasteiger partial charge in [0.05, 0.1) is 0 Å². The number of carbonyl (C=O) groups excluding carboxylic acids is 1. The number of ether oxygens (including phenoxy) is 2. The molecule has 2 aromatic carbocycles. The van der Waals surface area contributed by atoms with E-state index in [1.807, 2.05) is 0 Å². The predicted molar refractivity (Wildman–Crippen MR) is 91.3 cm³/mol. The molecule has 0 unspecified atom stereocenters. The van der Waals surface area contributed by atoms with Crippen LogP contribution in [0.2, 0.25) is 0 Å². The van der Waals surface area contributed by atoms with Crippen molar-refractivity contribution < 1.29 is 31.8 Å². The number of rotatable bonds is 6. The van der Waals surface area contributed by atoms with Gasteiger partial charge in [-0.1, -0.05) is 24.3 Å². The van der Waals surface area contributed by atoms with Gasteiger partial charge in [0.2, 0.25) is 0 Å². The molecule has 1 aliphatic heterocycles. The van der Waals surface area contributed by atoms with E-state index >= 15 is 0 Å². The van der Waals surface area contributed by atoms with Gasteiger partial charge < -0.3 is 15.2 Å². The van der Waals surface area contributed by atoms with Crippen LogP contribution in [0.1, 0.15) is 11.1 Å². The fraction of sp³-hybridized carbons (Fsp3) is 0.222. The number of nitrogens with two attached hydrogens (primary N) is 1. The van der Waals surface area contributed by atoms with Crippen LogP contribution in [0.25, 0.3) is 0 Å². The number of guanidine groups is 1. The fourth-order valence-electron chi connectivity index (χ4n) is 2.94. The van der Waals surface area contributed by atoms with Crippen molar-refractivity contribution in [3.05, 3.63) is 59.7 Å². The van der Waals surface area contributed by atoms with Gasteiger partial charge in [0.1, 0.15) is 11.5 Å². The maximum absolute atomic E-state index is 13.0. The Morgan fingerprint density at radius 3 is 1.57 bits per heavy atom. The van der Waals surface area contributed by atoms with Crippen molar-refractivity contribution in [2.45, 2.75) is 18.8 Å². The summed E-state index contributed by atoms with van der Waals surface area (Å²) in [6.07, 6.45) is 0. The van der Waals surface area contributed by atoms with E-state index in [-0.39, 0.29) is 17.5 Å². The molecule has 0 saturated carbocycles. The smallest absolute Gasteiger partial charge is 0.387 e. The number of hydrogen-bond donors (Lipinski definition) is 1. The second-order valence-corrected chi connectivity index (χ2v) is 5.85. The van der Waals surface area contributed by atoms with Crippen LogP contribution < -0.4 is 15.2 Å². The number of carbonyl (C=O) groups is 1. The first kappa shape index (κ1) is 19.5. The number of amides is 1. The first-order valence-corrected chi connectivity index (χ1v) is 7.98. The molecule has 2 N–H and O–H groups in total. The average molecular weight is 397 g/mol. The Morgan fingerprint density at radius 1 is 0.893 bits per heavy atom. The molecule has 1 amide bonds. The maximum atomic E-state index is 13.0. The van der Waals surface area contributed by atoms with Crippen molar-refractivity contribution in [1.29, 1.82) is 0 Å². The van der Waals surface area contributed by atoms with Crippen molar-refractivity contribution in [2.75, 3.05) is 7.05 Å². The first-order chi connectivity index (χ1) is 13.2. The number of alkyl halides is 4. The highest BCUT2D eigenvalue weighted by atomic mass is 19.3. The van der Waals surface area contributed by atoms with E-state index in [0.29, 0.717) is 11.1 Å². The molecule has 148 valence electrons. The molecule has 0 radical (unpaired) electrons. The average Bonchev–Trinajstić information content (AvgIpc) is 2.87. The molecular weight excluding hydrogens is 382 g/mol. The van der Waals surface area contributed by atoms with Gasteiger partial charge in [0, 0.05) is 7.05 Å². The molecule has 0 aliphatic carbocycles. The summed E-state index contributed by atoms with van der Waals surface area (Å²) in [6, 6.07) is 10.7. The van der Waals surface area contributed by atoms with Crippen LogP contribution in [0.15, 0.2) is 53.5 Å². The molecule has 1 heterocycles. The predicted octanol–water partition coefficient (Wildman–Crippen LogP) is 2.92. The minimum Gasteiger partial charge on any atom is -0.435 e. The molecule has 1 aliphatic rings. The lowest BCUT2D eigenvalue weighted by atomic mass is 9.83. The first-order valence-electron chi connectivity index (χ1n) is 7.98. The Morgan fingerprint density at radius 2 is 1.29 bits per heavy atom. The van der Waals surface area contributed by atoms with Crippen LogP contribution >= 0.6 is 0 Å². The number of halogens is 4. The van der Waals surface area contributed by atoms with Crippen molar-refractivity contribution in [3.63, 3.8) is 0 Å². The summed E-state index contributed by atoms with van der Waals surface area (Å²) in [4.78, 5) is 18.4. The van der Waals surface area contributed by atoms with E-state index in [0.717, 1.165) is 4.90 Å². The Hall–Kier alpha value is -3.30. The Bertz CT molecular complexity index is 832. The summed E-state index contributed by atoms with van der Waals surface area (Å²) in [7, 11) is 1.44. The SMILES string of the molecule is CN1C(=O)C(c2ccc(OC(F)F)cc2)(c2ccc(OC(F)F)cc2)N=C1N. The van der Waals surface area contributed by atoms with Crippen LogP contribution in [0, 0.1) is 0 Å². The van der Waals surface area contributed by atoms with Crippen molar-refractivity contribution in [3.8, 4) is 11.5 Å². The van der Waals surface area contributed by atoms with E-state index in [9.17, 15) is 22.4 Å². The number of aliphatic imine (C=N–C) groups is 1. The minimum absolute atomic E-state index is 0.0502. The van der Waals surface area contributed by atoms with Gasteiger partial charge in [-0.15, -0.1) is 0 Å². The Balaban J connectivity index is 2.06. The molecule has 0 fully saturated rings. The summed E-state index contributed by atoms with van der Waals surface area (Å²) >= 11 is 0. The molecule has 10 heteroatoms. The lowest BCUT2D eigenvalue weighted by Crippen LogP contribution is -2.41. The summed E-state index contributed by atoms with van der Waals surface area (Å²) in [6.45, 7) is -5.98. The van der Waals surface area contributed by atoms with Gasteiger partial charge in [-0.2, -0.15) is 17.6 Å². The van der Waals surface area contributed by atoms with E-state index < -0.39 is 24.7 Å². The normalized spacial score (nSPS) is 15.9. The highest BCUT2D eigenvalue weighted by molar-refractivity contribution is 6.08. The standard InChI is InChI=1S/C18H15F4N3O3/c1-25-14(26)18(24-17(25)23,10-2-6-12(7-3-10)27-15(19)20)11-4-8-13(9-5-11)28-16(21)22/h2-9,15-16H,1H3,(H2,23,24). The molecule has 3 rings (SSSR count). The van der Waals surface area contributed by atoms with Gasteiger partial charge in [0.25, 0.3) is 5.91 Å². The van der Waals surface area contributed by atoms with Crippen molar-refractivity contribution in [1.82, 2.24) is 4.90 Å². The molecule has 2 aromatic rings. The third-order valence-electron chi connectivity index (χ3n) is 4.23. The summed E-state index contributed by atoms with van der Waals surface area (Å²) in [5.41, 5.74) is 4.91. The second-order valence-electron chi connectivity index (χ2n) is 5.85. The maximum Gasteiger partial charge on any atom is 0.387 e. The Kier molecular flexibility index (Phi) is 5.12. The van der Waals surface area contributed by atoms with Gasteiger partial charge >= 0.3 is 13.2 Å². The highest BCUT2D eigenvalue weighted by Gasteiger charge is 2.49. The zero-order chi connectivity index (χ0) is 20.5. The molecule has 0 atom stereocenters. The van der Waals surface area contributed by atoms with Gasteiger partial charge in [0.15, 0.2) is 11.5 Å². The van der Waals surface area contributed by atoms with Crippen LogP contribution in [0.4, 0.5) is 17.6 Å². The minimum atomic E-state index is -2.99. The Labute approximate surface area is 157 Å². The van der Waals surface area contributed by atoms with Crippen molar-refractivity contribution in [2.24, 2.45) is 10.7 Å². The largest absolute Gasteiger partial charge is 0.435 e. The fourth-order valence-corrected chi connectivity index (χ4v) is 2.94. The zero-order valence-corrected chi connectivity index (χ0v) is 14.5. The van der Waals surface area contributed by atoms with Gasteiger partial charge in [-0.25, -0.2) is 4.99 Å².